The number of pyridine rings is 1. The molecule has 1 N–H and O–H groups in total. The van der Waals surface area contributed by atoms with E-state index in [1.54, 1.807) is 5.57 Å². The summed E-state index contributed by atoms with van der Waals surface area (Å²) in [5, 5.41) is 0. The predicted molar refractivity (Wildman–Crippen MR) is 135 cm³/mol. The number of fused-ring (bicyclic) bond motifs is 5. The minimum atomic E-state index is -0.252. The van der Waals surface area contributed by atoms with Crippen LogP contribution in [0.2, 0.25) is 0 Å². The third-order valence-corrected chi connectivity index (χ3v) is 10.1. The summed E-state index contributed by atoms with van der Waals surface area (Å²) >= 11 is 0. The van der Waals surface area contributed by atoms with E-state index in [-0.39, 0.29) is 28.9 Å². The number of carbonyl (C=O) groups excluding carboxylic acids is 1. The van der Waals surface area contributed by atoms with Gasteiger partial charge in [-0.1, -0.05) is 37.6 Å². The molecule has 1 aromatic rings. The van der Waals surface area contributed by atoms with Crippen molar-refractivity contribution in [3.63, 3.8) is 0 Å². The Morgan fingerprint density at radius 3 is 2.71 bits per heavy atom. The molecular weight excluding hydrogens is 422 g/mol. The van der Waals surface area contributed by atoms with E-state index in [1.165, 1.54) is 49.7 Å². The van der Waals surface area contributed by atoms with Gasteiger partial charge in [-0.25, -0.2) is 4.79 Å². The smallest absolute Gasteiger partial charge is 0.341 e. The minimum Gasteiger partial charge on any atom is -0.369 e. The molecule has 184 valence electrons. The summed E-state index contributed by atoms with van der Waals surface area (Å²) in [6.07, 6.45) is 17.3. The molecule has 1 heterocycles. The lowest BCUT2D eigenvalue weighted by molar-refractivity contribution is -0.157. The van der Waals surface area contributed by atoms with Crippen LogP contribution in [0.4, 0.5) is 0 Å². The maximum absolute atomic E-state index is 12.3. The van der Waals surface area contributed by atoms with Crippen molar-refractivity contribution in [3.8, 4) is 0 Å². The van der Waals surface area contributed by atoms with Crippen LogP contribution in [0.25, 0.3) is 5.57 Å². The van der Waals surface area contributed by atoms with Gasteiger partial charge in [0.15, 0.2) is 0 Å². The quantitative estimate of drug-likeness (QED) is 0.468. The molecule has 0 bridgehead atoms. The van der Waals surface area contributed by atoms with Gasteiger partial charge in [-0.15, -0.1) is 5.48 Å². The molecule has 1 aromatic heterocycles. The number of aromatic nitrogens is 1. The molecular formula is C29H41N3O2. The predicted octanol–water partition coefficient (Wildman–Crippen LogP) is 5.40. The van der Waals surface area contributed by atoms with Crippen molar-refractivity contribution in [2.24, 2.45) is 28.6 Å². The van der Waals surface area contributed by atoms with Crippen LogP contribution in [0, 0.1) is 28.6 Å². The highest BCUT2D eigenvalue weighted by atomic mass is 16.7. The van der Waals surface area contributed by atoms with Crippen LogP contribution in [0.3, 0.4) is 0 Å². The van der Waals surface area contributed by atoms with Crippen molar-refractivity contribution in [1.29, 1.82) is 0 Å². The second-order valence-corrected chi connectivity index (χ2v) is 11.9. The van der Waals surface area contributed by atoms with E-state index in [1.807, 2.05) is 32.1 Å². The molecule has 34 heavy (non-hydrogen) atoms. The first-order valence-electron chi connectivity index (χ1n) is 13.2. The summed E-state index contributed by atoms with van der Waals surface area (Å²) in [6.45, 7) is 6.92. The highest BCUT2D eigenvalue weighted by Gasteiger charge is 2.57. The van der Waals surface area contributed by atoms with Crippen LogP contribution in [-0.4, -0.2) is 42.0 Å². The molecule has 5 rings (SSSR count). The molecule has 5 nitrogen and oxygen atoms in total. The Labute approximate surface area is 205 Å². The molecule has 0 radical (unpaired) electrons. The molecule has 7 atom stereocenters. The minimum absolute atomic E-state index is 0.122. The van der Waals surface area contributed by atoms with Crippen LogP contribution < -0.4 is 5.48 Å². The molecule has 5 heteroatoms. The Kier molecular flexibility index (Phi) is 6.22. The van der Waals surface area contributed by atoms with Gasteiger partial charge in [-0.05, 0) is 112 Å². The molecule has 0 spiro atoms. The summed E-state index contributed by atoms with van der Waals surface area (Å²) in [5.41, 5.74) is 8.08. The van der Waals surface area contributed by atoms with Gasteiger partial charge >= 0.3 is 5.97 Å². The Morgan fingerprint density at radius 1 is 1.18 bits per heavy atom. The van der Waals surface area contributed by atoms with Crippen molar-refractivity contribution in [1.82, 2.24) is 15.4 Å². The number of likely N-dealkylation sites (N-methyl/N-ethyl adjacent to an activating group) is 1. The maximum atomic E-state index is 12.3. The van der Waals surface area contributed by atoms with Crippen molar-refractivity contribution < 1.29 is 9.63 Å². The zero-order valence-electron chi connectivity index (χ0n) is 21.5. The van der Waals surface area contributed by atoms with Gasteiger partial charge in [-0.2, -0.15) is 0 Å². The number of allylic oxidation sites excluding steroid dienone is 3. The number of carbonyl (C=O) groups is 1. The number of rotatable bonds is 5. The van der Waals surface area contributed by atoms with Crippen LogP contribution in [0.1, 0.15) is 71.3 Å². The SMILES string of the molecule is CC(C(=O)ONC1C=C2CCC3C(CCC4(C)C(c5cccnc5)=CCC34)C2(C)CC1)N(C)C. The first-order chi connectivity index (χ1) is 16.2. The summed E-state index contributed by atoms with van der Waals surface area (Å²) in [5.74, 6) is 2.06. The van der Waals surface area contributed by atoms with Gasteiger partial charge in [0.25, 0.3) is 0 Å². The summed E-state index contributed by atoms with van der Waals surface area (Å²) in [7, 11) is 3.79. The molecule has 0 aromatic carbocycles. The number of hydrogen-bond acceptors (Lipinski definition) is 5. The van der Waals surface area contributed by atoms with Crippen LogP contribution >= 0.6 is 0 Å². The van der Waals surface area contributed by atoms with E-state index in [0.717, 1.165) is 24.2 Å². The zero-order chi connectivity index (χ0) is 24.1. The summed E-state index contributed by atoms with van der Waals surface area (Å²) < 4.78 is 0. The van der Waals surface area contributed by atoms with Crippen LogP contribution in [0.15, 0.2) is 42.3 Å². The van der Waals surface area contributed by atoms with Gasteiger partial charge in [0.05, 0.1) is 6.04 Å². The number of nitrogens with zero attached hydrogens (tertiary/aromatic N) is 2. The Bertz CT molecular complexity index is 986. The van der Waals surface area contributed by atoms with E-state index in [9.17, 15) is 4.79 Å². The summed E-state index contributed by atoms with van der Waals surface area (Å²) in [6, 6.07) is 4.18. The van der Waals surface area contributed by atoms with Gasteiger partial charge in [0, 0.05) is 12.4 Å². The first kappa shape index (κ1) is 23.7. The topological polar surface area (TPSA) is 54.5 Å². The van der Waals surface area contributed by atoms with Gasteiger partial charge in [0.2, 0.25) is 0 Å². The fourth-order valence-electron chi connectivity index (χ4n) is 7.79. The lowest BCUT2D eigenvalue weighted by Gasteiger charge is -2.58. The third-order valence-electron chi connectivity index (χ3n) is 10.1. The standard InChI is InChI=1S/C29H41N3O2/c1-19(32(4)5)27(33)34-31-22-12-14-28(2)21(17-22)8-9-23-25-11-10-24(20-7-6-16-30-18-20)29(25,3)15-13-26(23)28/h6-7,10,16-19,22-23,25-26,31H,8-9,11-15H2,1-5H3. The number of hydrogen-bond donors (Lipinski definition) is 1. The monoisotopic (exact) mass is 463 g/mol. The molecule has 0 amide bonds. The van der Waals surface area contributed by atoms with E-state index >= 15 is 0 Å². The maximum Gasteiger partial charge on any atom is 0.341 e. The lowest BCUT2D eigenvalue weighted by atomic mass is 9.46. The molecule has 2 saturated carbocycles. The van der Waals surface area contributed by atoms with E-state index in [0.29, 0.717) is 0 Å². The van der Waals surface area contributed by atoms with Crippen molar-refractivity contribution in [2.75, 3.05) is 14.1 Å². The van der Waals surface area contributed by atoms with Crippen molar-refractivity contribution >= 4 is 11.5 Å². The lowest BCUT2D eigenvalue weighted by Crippen LogP contribution is -2.51. The Hall–Kier alpha value is -1.98. The van der Waals surface area contributed by atoms with Crippen molar-refractivity contribution in [2.45, 2.75) is 77.8 Å². The van der Waals surface area contributed by atoms with E-state index < -0.39 is 0 Å². The highest BCUT2D eigenvalue weighted by molar-refractivity contribution is 5.75. The van der Waals surface area contributed by atoms with Crippen LogP contribution in [0.5, 0.6) is 0 Å². The molecule has 7 unspecified atom stereocenters. The first-order valence-corrected chi connectivity index (χ1v) is 13.2. The Morgan fingerprint density at radius 2 is 1.97 bits per heavy atom. The average molecular weight is 464 g/mol. The molecule has 4 aliphatic carbocycles. The zero-order valence-corrected chi connectivity index (χ0v) is 21.5. The van der Waals surface area contributed by atoms with Gasteiger partial charge in [-0.3, -0.25) is 9.88 Å². The largest absolute Gasteiger partial charge is 0.369 e. The fourth-order valence-corrected chi connectivity index (χ4v) is 7.79. The fraction of sp³-hybridized carbons (Fsp3) is 0.655. The second-order valence-electron chi connectivity index (χ2n) is 11.9. The van der Waals surface area contributed by atoms with Crippen molar-refractivity contribution in [3.05, 3.63) is 47.8 Å². The van der Waals surface area contributed by atoms with E-state index in [4.69, 9.17) is 4.84 Å². The van der Waals surface area contributed by atoms with Crippen LogP contribution in [-0.2, 0) is 9.63 Å². The molecule has 0 aliphatic heterocycles. The van der Waals surface area contributed by atoms with Gasteiger partial charge in [0.1, 0.15) is 6.04 Å². The number of hydroxylamine groups is 1. The second kappa shape index (κ2) is 8.91. The highest BCUT2D eigenvalue weighted by Crippen LogP contribution is 2.66. The van der Waals surface area contributed by atoms with Gasteiger partial charge < -0.3 is 4.84 Å². The number of nitrogens with one attached hydrogen (secondary N) is 1. The summed E-state index contributed by atoms with van der Waals surface area (Å²) in [4.78, 5) is 24.0. The normalized spacial score (nSPS) is 37.7. The Balaban J connectivity index is 1.29. The third kappa shape index (κ3) is 3.85. The molecule has 0 saturated heterocycles. The molecule has 4 aliphatic rings. The van der Waals surface area contributed by atoms with E-state index in [2.05, 4.69) is 54.8 Å². The average Bonchev–Trinajstić information content (AvgIpc) is 3.19. The molecule has 2 fully saturated rings.